The summed E-state index contributed by atoms with van der Waals surface area (Å²) < 4.78 is 0. The minimum atomic E-state index is -0.958. The van der Waals surface area contributed by atoms with E-state index in [4.69, 9.17) is 5.11 Å². The van der Waals surface area contributed by atoms with Gasteiger partial charge >= 0.3 is 5.97 Å². The van der Waals surface area contributed by atoms with Gasteiger partial charge in [-0.25, -0.2) is 4.98 Å². The van der Waals surface area contributed by atoms with Crippen molar-refractivity contribution in [1.29, 1.82) is 0 Å². The number of hydrogen-bond donors (Lipinski definition) is 2. The van der Waals surface area contributed by atoms with Gasteiger partial charge in [-0.2, -0.15) is 0 Å². The maximum Gasteiger partial charge on any atom is 0.312 e. The molecule has 0 aliphatic heterocycles. The summed E-state index contributed by atoms with van der Waals surface area (Å²) in [6, 6.07) is 1.21. The van der Waals surface area contributed by atoms with Crippen LogP contribution in [0.15, 0.2) is 17.2 Å². The van der Waals surface area contributed by atoms with Crippen molar-refractivity contribution >= 4 is 5.97 Å². The maximum atomic E-state index is 10.8. The van der Waals surface area contributed by atoms with Crippen molar-refractivity contribution in [1.82, 2.24) is 9.97 Å². The van der Waals surface area contributed by atoms with Crippen molar-refractivity contribution < 1.29 is 9.90 Å². The number of nitrogens with zero attached hydrogens (tertiary/aromatic N) is 1. The van der Waals surface area contributed by atoms with Crippen LogP contribution in [0.1, 0.15) is 25.0 Å². The van der Waals surface area contributed by atoms with Crippen LogP contribution in [0.3, 0.4) is 0 Å². The lowest BCUT2D eigenvalue weighted by molar-refractivity contribution is -0.138. The fourth-order valence-electron chi connectivity index (χ4n) is 1.08. The number of rotatable bonds is 3. The second-order valence-corrected chi connectivity index (χ2v) is 2.64. The fourth-order valence-corrected chi connectivity index (χ4v) is 1.08. The first-order valence-electron chi connectivity index (χ1n) is 3.92. The van der Waals surface area contributed by atoms with Gasteiger partial charge in [0.1, 0.15) is 0 Å². The summed E-state index contributed by atoms with van der Waals surface area (Å²) in [7, 11) is 0. The molecule has 70 valence electrons. The first kappa shape index (κ1) is 9.44. The van der Waals surface area contributed by atoms with Gasteiger partial charge in [0.15, 0.2) is 0 Å². The number of aromatic amines is 1. The SMILES string of the molecule is CCC(C(=O)O)c1cc(=O)[nH]cn1. The topological polar surface area (TPSA) is 83.0 Å². The fraction of sp³-hybridized carbons (Fsp3) is 0.375. The Morgan fingerprint density at radius 1 is 1.77 bits per heavy atom. The molecule has 5 nitrogen and oxygen atoms in total. The predicted molar refractivity (Wildman–Crippen MR) is 45.5 cm³/mol. The van der Waals surface area contributed by atoms with Gasteiger partial charge in [0.25, 0.3) is 5.56 Å². The highest BCUT2D eigenvalue weighted by atomic mass is 16.4. The van der Waals surface area contributed by atoms with Gasteiger partial charge in [-0.15, -0.1) is 0 Å². The Labute approximate surface area is 74.4 Å². The maximum absolute atomic E-state index is 10.8. The lowest BCUT2D eigenvalue weighted by Crippen LogP contribution is -2.16. The van der Waals surface area contributed by atoms with E-state index in [2.05, 4.69) is 9.97 Å². The third-order valence-corrected chi connectivity index (χ3v) is 1.76. The molecule has 2 N–H and O–H groups in total. The molecule has 5 heteroatoms. The average molecular weight is 182 g/mol. The highest BCUT2D eigenvalue weighted by Crippen LogP contribution is 2.14. The molecule has 13 heavy (non-hydrogen) atoms. The monoisotopic (exact) mass is 182 g/mol. The quantitative estimate of drug-likeness (QED) is 0.706. The summed E-state index contributed by atoms with van der Waals surface area (Å²) in [6.45, 7) is 1.74. The molecule has 0 saturated heterocycles. The Balaban J connectivity index is 3.05. The molecule has 0 bridgehead atoms. The molecule has 0 saturated carbocycles. The normalized spacial score (nSPS) is 12.4. The zero-order valence-electron chi connectivity index (χ0n) is 7.15. The van der Waals surface area contributed by atoms with Crippen LogP contribution in [-0.2, 0) is 4.79 Å². The highest BCUT2D eigenvalue weighted by Gasteiger charge is 2.18. The summed E-state index contributed by atoms with van der Waals surface area (Å²) in [4.78, 5) is 27.7. The summed E-state index contributed by atoms with van der Waals surface area (Å²) in [5, 5.41) is 8.77. The number of carbonyl (C=O) groups is 1. The van der Waals surface area contributed by atoms with Crippen LogP contribution in [0, 0.1) is 0 Å². The summed E-state index contributed by atoms with van der Waals surface area (Å²) >= 11 is 0. The van der Waals surface area contributed by atoms with E-state index in [0.29, 0.717) is 12.1 Å². The van der Waals surface area contributed by atoms with Gasteiger partial charge in [-0.3, -0.25) is 9.59 Å². The zero-order chi connectivity index (χ0) is 9.84. The van der Waals surface area contributed by atoms with E-state index in [1.807, 2.05) is 0 Å². The standard InChI is InChI=1S/C8H10N2O3/c1-2-5(8(12)13)6-3-7(11)10-4-9-6/h3-5H,2H2,1H3,(H,12,13)(H,9,10,11). The Hall–Kier alpha value is -1.65. The van der Waals surface area contributed by atoms with Crippen molar-refractivity contribution in [3.8, 4) is 0 Å². The Kier molecular flexibility index (Phi) is 2.79. The van der Waals surface area contributed by atoms with E-state index >= 15 is 0 Å². The molecule has 0 aromatic carbocycles. The molecule has 0 aliphatic rings. The summed E-state index contributed by atoms with van der Waals surface area (Å²) in [5.74, 6) is -1.65. The molecule has 0 spiro atoms. The van der Waals surface area contributed by atoms with Gasteiger partial charge in [0, 0.05) is 6.07 Å². The van der Waals surface area contributed by atoms with Gasteiger partial charge in [-0.05, 0) is 6.42 Å². The molecule has 0 amide bonds. The first-order valence-corrected chi connectivity index (χ1v) is 3.92. The Morgan fingerprint density at radius 3 is 2.92 bits per heavy atom. The second-order valence-electron chi connectivity index (χ2n) is 2.64. The number of carboxylic acid groups (broad SMARTS) is 1. The largest absolute Gasteiger partial charge is 0.481 e. The lowest BCUT2D eigenvalue weighted by Gasteiger charge is -2.06. The van der Waals surface area contributed by atoms with Gasteiger partial charge < -0.3 is 10.1 Å². The molecule has 0 fully saturated rings. The van der Waals surface area contributed by atoms with Gasteiger partial charge in [0.2, 0.25) is 0 Å². The van der Waals surface area contributed by atoms with Crippen molar-refractivity contribution in [2.24, 2.45) is 0 Å². The van der Waals surface area contributed by atoms with Crippen molar-refractivity contribution in [2.45, 2.75) is 19.3 Å². The van der Waals surface area contributed by atoms with Crippen LogP contribution in [0.25, 0.3) is 0 Å². The Morgan fingerprint density at radius 2 is 2.46 bits per heavy atom. The number of carboxylic acids is 1. The zero-order valence-corrected chi connectivity index (χ0v) is 7.15. The highest BCUT2D eigenvalue weighted by molar-refractivity contribution is 5.75. The average Bonchev–Trinajstić information content (AvgIpc) is 2.04. The van der Waals surface area contributed by atoms with E-state index in [-0.39, 0.29) is 5.56 Å². The third kappa shape index (κ3) is 2.14. The van der Waals surface area contributed by atoms with Crippen LogP contribution < -0.4 is 5.56 Å². The molecule has 1 aromatic heterocycles. The molecule has 1 unspecified atom stereocenters. The van der Waals surface area contributed by atoms with Crippen LogP contribution in [0.5, 0.6) is 0 Å². The molecular weight excluding hydrogens is 172 g/mol. The van der Waals surface area contributed by atoms with Crippen LogP contribution in [-0.4, -0.2) is 21.0 Å². The van der Waals surface area contributed by atoms with Crippen LogP contribution in [0.2, 0.25) is 0 Å². The smallest absolute Gasteiger partial charge is 0.312 e. The third-order valence-electron chi connectivity index (χ3n) is 1.76. The molecule has 0 aliphatic carbocycles. The first-order chi connectivity index (χ1) is 6.15. The van der Waals surface area contributed by atoms with E-state index in [9.17, 15) is 9.59 Å². The molecule has 1 rings (SSSR count). The van der Waals surface area contributed by atoms with E-state index in [1.165, 1.54) is 12.4 Å². The predicted octanol–water partition coefficient (Wildman–Crippen LogP) is 0.348. The number of hydrogen-bond acceptors (Lipinski definition) is 3. The molecular formula is C8H10N2O3. The number of H-pyrrole nitrogens is 1. The number of aromatic nitrogens is 2. The molecule has 1 atom stereocenters. The van der Waals surface area contributed by atoms with Gasteiger partial charge in [-0.1, -0.05) is 6.92 Å². The van der Waals surface area contributed by atoms with E-state index in [1.54, 1.807) is 6.92 Å². The van der Waals surface area contributed by atoms with Crippen molar-refractivity contribution in [3.63, 3.8) is 0 Å². The van der Waals surface area contributed by atoms with E-state index < -0.39 is 11.9 Å². The summed E-state index contributed by atoms with van der Waals surface area (Å²) in [6.07, 6.45) is 1.63. The minimum Gasteiger partial charge on any atom is -0.481 e. The van der Waals surface area contributed by atoms with E-state index in [0.717, 1.165) is 0 Å². The molecule has 0 radical (unpaired) electrons. The second kappa shape index (κ2) is 3.84. The Bertz CT molecular complexity index is 358. The van der Waals surface area contributed by atoms with Crippen molar-refractivity contribution in [2.75, 3.05) is 0 Å². The van der Waals surface area contributed by atoms with Gasteiger partial charge in [0.05, 0.1) is 17.9 Å². The summed E-state index contributed by atoms with van der Waals surface area (Å²) in [5.41, 5.74) is -0.0246. The molecule has 1 aromatic rings. The lowest BCUT2D eigenvalue weighted by atomic mass is 10.0. The van der Waals surface area contributed by atoms with Crippen LogP contribution >= 0.6 is 0 Å². The molecule has 1 heterocycles. The van der Waals surface area contributed by atoms with Crippen LogP contribution in [0.4, 0.5) is 0 Å². The van der Waals surface area contributed by atoms with Crippen molar-refractivity contribution in [3.05, 3.63) is 28.4 Å². The minimum absolute atomic E-state index is 0.304. The number of nitrogens with one attached hydrogen (secondary N) is 1. The number of aliphatic carboxylic acids is 1.